The van der Waals surface area contributed by atoms with Gasteiger partial charge in [0.25, 0.3) is 5.91 Å². The summed E-state index contributed by atoms with van der Waals surface area (Å²) in [6, 6.07) is 9.88. The van der Waals surface area contributed by atoms with Crippen LogP contribution in [0.25, 0.3) is 0 Å². The van der Waals surface area contributed by atoms with E-state index in [1.54, 1.807) is 30.3 Å². The van der Waals surface area contributed by atoms with Crippen molar-refractivity contribution in [3.63, 3.8) is 0 Å². The molecule has 2 saturated carbocycles. The van der Waals surface area contributed by atoms with Crippen molar-refractivity contribution in [3.8, 4) is 0 Å². The molecule has 2 aromatic carbocycles. The molecule has 2 N–H and O–H groups in total. The number of alkyl halides is 2. The minimum absolute atomic E-state index is 0.196. The summed E-state index contributed by atoms with van der Waals surface area (Å²) in [6.07, 6.45) is 1.92. The van der Waals surface area contributed by atoms with E-state index in [0.717, 1.165) is 12.8 Å². The lowest BCUT2D eigenvalue weighted by molar-refractivity contribution is -0.117. The Labute approximate surface area is 192 Å². The number of carbonyl (C=O) groups excluding carboxylic acids is 2. The molecule has 0 heterocycles. The average Bonchev–Trinajstić information content (AvgIpc) is 3.52. The molecule has 4 rings (SSSR count). The highest BCUT2D eigenvalue weighted by atomic mass is 35.5. The molecular weight excluding hydrogens is 477 g/mol. The van der Waals surface area contributed by atoms with Gasteiger partial charge < -0.3 is 10.6 Å². The number of rotatable bonds is 5. The zero-order valence-electron chi connectivity index (χ0n) is 14.8. The van der Waals surface area contributed by atoms with E-state index in [1.165, 1.54) is 6.07 Å². The first kappa shape index (κ1) is 21.1. The molecule has 0 spiro atoms. The van der Waals surface area contributed by atoms with Crippen LogP contribution in [0.2, 0.25) is 15.1 Å². The molecule has 2 aromatic rings. The first-order chi connectivity index (χ1) is 13.7. The van der Waals surface area contributed by atoms with Crippen molar-refractivity contribution in [1.82, 2.24) is 5.32 Å². The topological polar surface area (TPSA) is 58.2 Å². The van der Waals surface area contributed by atoms with Gasteiger partial charge >= 0.3 is 0 Å². The SMILES string of the molecule is O=C(NC1CC1)c1cc(NC(=O)C2C(c3cc(Cl)cc(Cl)c3)C2(Cl)Cl)ccc1Cl. The third kappa shape index (κ3) is 4.47. The minimum atomic E-state index is -1.28. The Morgan fingerprint density at radius 3 is 2.24 bits per heavy atom. The Morgan fingerprint density at radius 2 is 1.62 bits per heavy atom. The first-order valence-electron chi connectivity index (χ1n) is 8.92. The van der Waals surface area contributed by atoms with Gasteiger partial charge in [-0.25, -0.2) is 0 Å². The molecule has 29 heavy (non-hydrogen) atoms. The van der Waals surface area contributed by atoms with Crippen molar-refractivity contribution < 1.29 is 9.59 Å². The van der Waals surface area contributed by atoms with Crippen LogP contribution in [0.5, 0.6) is 0 Å². The van der Waals surface area contributed by atoms with E-state index in [9.17, 15) is 9.59 Å². The Morgan fingerprint density at radius 1 is 0.966 bits per heavy atom. The predicted octanol–water partition coefficient (Wildman–Crippen LogP) is 6.07. The van der Waals surface area contributed by atoms with Crippen LogP contribution in [0.1, 0.15) is 34.7 Å². The van der Waals surface area contributed by atoms with E-state index in [-0.39, 0.29) is 17.9 Å². The molecule has 0 bridgehead atoms. The smallest absolute Gasteiger partial charge is 0.253 e. The highest BCUT2D eigenvalue weighted by Gasteiger charge is 2.67. The molecule has 9 heteroatoms. The number of anilines is 1. The summed E-state index contributed by atoms with van der Waals surface area (Å²) in [5.41, 5.74) is 1.42. The molecule has 4 nitrogen and oxygen atoms in total. The van der Waals surface area contributed by atoms with E-state index in [1.807, 2.05) is 0 Å². The summed E-state index contributed by atoms with van der Waals surface area (Å²) in [5, 5.41) is 6.82. The van der Waals surface area contributed by atoms with E-state index in [0.29, 0.717) is 31.9 Å². The molecule has 0 saturated heterocycles. The van der Waals surface area contributed by atoms with E-state index in [4.69, 9.17) is 58.0 Å². The average molecular weight is 493 g/mol. The fraction of sp³-hybridized carbons (Fsp3) is 0.300. The number of carbonyl (C=O) groups is 2. The third-order valence-corrected chi connectivity index (χ3v) is 6.68. The van der Waals surface area contributed by atoms with Gasteiger partial charge in [0.1, 0.15) is 4.33 Å². The molecule has 0 radical (unpaired) electrons. The first-order valence-corrected chi connectivity index (χ1v) is 10.8. The summed E-state index contributed by atoms with van der Waals surface area (Å²) in [6.45, 7) is 0. The zero-order chi connectivity index (χ0) is 20.9. The van der Waals surface area contributed by atoms with Crippen molar-refractivity contribution in [2.75, 3.05) is 5.32 Å². The largest absolute Gasteiger partial charge is 0.349 e. The lowest BCUT2D eigenvalue weighted by Gasteiger charge is -2.10. The van der Waals surface area contributed by atoms with Crippen molar-refractivity contribution in [3.05, 3.63) is 62.6 Å². The maximum absolute atomic E-state index is 12.8. The summed E-state index contributed by atoms with van der Waals surface area (Å²) < 4.78 is -1.28. The second-order valence-corrected chi connectivity index (χ2v) is 9.99. The van der Waals surface area contributed by atoms with Crippen molar-refractivity contribution >= 4 is 75.5 Å². The van der Waals surface area contributed by atoms with Crippen LogP contribution in [-0.4, -0.2) is 22.2 Å². The predicted molar refractivity (Wildman–Crippen MR) is 118 cm³/mol. The lowest BCUT2D eigenvalue weighted by atomic mass is 10.1. The molecule has 2 aliphatic carbocycles. The van der Waals surface area contributed by atoms with Crippen molar-refractivity contribution in [2.24, 2.45) is 5.92 Å². The molecule has 2 amide bonds. The molecule has 0 aliphatic heterocycles. The Kier molecular flexibility index (Phi) is 5.69. The lowest BCUT2D eigenvalue weighted by Crippen LogP contribution is -2.26. The number of hydrogen-bond donors (Lipinski definition) is 2. The third-order valence-electron chi connectivity index (χ3n) is 4.97. The summed E-state index contributed by atoms with van der Waals surface area (Å²) in [4.78, 5) is 25.1. The molecular formula is C20H15Cl5N2O2. The van der Waals surface area contributed by atoms with Gasteiger partial charge in [0, 0.05) is 27.7 Å². The second kappa shape index (κ2) is 7.82. The molecule has 152 valence electrons. The Balaban J connectivity index is 1.51. The quantitative estimate of drug-likeness (QED) is 0.498. The molecule has 0 aromatic heterocycles. The number of nitrogens with one attached hydrogen (secondary N) is 2. The number of benzene rings is 2. The van der Waals surface area contributed by atoms with Gasteiger partial charge in [-0.05, 0) is 54.8 Å². The molecule has 2 unspecified atom stereocenters. The van der Waals surface area contributed by atoms with Crippen LogP contribution in [0, 0.1) is 5.92 Å². The van der Waals surface area contributed by atoms with E-state index in [2.05, 4.69) is 10.6 Å². The highest BCUT2D eigenvalue weighted by molar-refractivity contribution is 6.53. The van der Waals surface area contributed by atoms with Crippen molar-refractivity contribution in [2.45, 2.75) is 29.1 Å². The Bertz CT molecular complexity index is 986. The summed E-state index contributed by atoms with van der Waals surface area (Å²) in [5.74, 6) is -1.78. The van der Waals surface area contributed by atoms with Crippen molar-refractivity contribution in [1.29, 1.82) is 0 Å². The fourth-order valence-electron chi connectivity index (χ4n) is 3.31. The zero-order valence-corrected chi connectivity index (χ0v) is 18.6. The van der Waals surface area contributed by atoms with E-state index >= 15 is 0 Å². The van der Waals surface area contributed by atoms with Gasteiger partial charge in [0.2, 0.25) is 5.91 Å². The van der Waals surface area contributed by atoms with Gasteiger partial charge in [-0.3, -0.25) is 9.59 Å². The van der Waals surface area contributed by atoms with Crippen LogP contribution >= 0.6 is 58.0 Å². The molecule has 2 atom stereocenters. The number of halogens is 5. The molecule has 2 aliphatic rings. The van der Waals surface area contributed by atoms with Crippen LogP contribution in [-0.2, 0) is 4.79 Å². The standard InChI is InChI=1S/C20H15Cl5N2O2/c21-10-5-9(6-11(22)7-10)16-17(20(16,24)25)19(29)27-13-3-4-15(23)14(8-13)18(28)26-12-1-2-12/h3-8,12,16-17H,1-2H2,(H,26,28)(H,27,29). The Hall–Kier alpha value is -1.17. The van der Waals surface area contributed by atoms with Gasteiger partial charge in [-0.1, -0.05) is 34.8 Å². The second-order valence-electron chi connectivity index (χ2n) is 7.26. The summed E-state index contributed by atoms with van der Waals surface area (Å²) >= 11 is 31.0. The van der Waals surface area contributed by atoms with E-state index < -0.39 is 16.2 Å². The maximum atomic E-state index is 12.8. The van der Waals surface area contributed by atoms with Gasteiger partial charge in [-0.2, -0.15) is 0 Å². The fourth-order valence-corrected chi connectivity index (χ4v) is 4.88. The van der Waals surface area contributed by atoms with Gasteiger partial charge in [0.05, 0.1) is 16.5 Å². The van der Waals surface area contributed by atoms with Gasteiger partial charge in [-0.15, -0.1) is 23.2 Å². The number of hydrogen-bond acceptors (Lipinski definition) is 2. The summed E-state index contributed by atoms with van der Waals surface area (Å²) in [7, 11) is 0. The monoisotopic (exact) mass is 490 g/mol. The minimum Gasteiger partial charge on any atom is -0.349 e. The molecule has 2 fully saturated rings. The van der Waals surface area contributed by atoms with Crippen LogP contribution in [0.15, 0.2) is 36.4 Å². The van der Waals surface area contributed by atoms with Gasteiger partial charge in [0.15, 0.2) is 0 Å². The van der Waals surface area contributed by atoms with Crippen LogP contribution < -0.4 is 10.6 Å². The highest BCUT2D eigenvalue weighted by Crippen LogP contribution is 2.65. The van der Waals surface area contributed by atoms with Crippen LogP contribution in [0.3, 0.4) is 0 Å². The van der Waals surface area contributed by atoms with Crippen LogP contribution in [0.4, 0.5) is 5.69 Å². The number of amides is 2. The maximum Gasteiger partial charge on any atom is 0.253 e. The normalized spacial score (nSPS) is 22.1.